The van der Waals surface area contributed by atoms with E-state index in [4.69, 9.17) is 4.74 Å². The summed E-state index contributed by atoms with van der Waals surface area (Å²) in [5, 5.41) is 21.4. The van der Waals surface area contributed by atoms with Crippen LogP contribution in [-0.4, -0.2) is 61.3 Å². The van der Waals surface area contributed by atoms with Crippen LogP contribution >= 0.6 is 0 Å². The number of hydrogen-bond acceptors (Lipinski definition) is 5. The van der Waals surface area contributed by atoms with Gasteiger partial charge in [-0.05, 0) is 6.07 Å². The Balaban J connectivity index is 1.85. The number of quaternary nitrogens is 1. The van der Waals surface area contributed by atoms with E-state index in [1.54, 1.807) is 11.9 Å². The van der Waals surface area contributed by atoms with Gasteiger partial charge in [0.1, 0.15) is 17.0 Å². The van der Waals surface area contributed by atoms with Crippen molar-refractivity contribution in [2.75, 3.05) is 44.7 Å². The van der Waals surface area contributed by atoms with Crippen molar-refractivity contribution in [1.82, 2.24) is 0 Å². The number of nitrogens with zero attached hydrogens (tertiary/aromatic N) is 2. The molecule has 4 rings (SSSR count). The van der Waals surface area contributed by atoms with Gasteiger partial charge in [-0.15, -0.1) is 0 Å². The minimum atomic E-state index is -1.31. The largest absolute Gasteiger partial charge is 0.633 e. The van der Waals surface area contributed by atoms with Crippen LogP contribution in [0.4, 0.5) is 10.1 Å². The number of anilines is 1. The van der Waals surface area contributed by atoms with E-state index in [-0.39, 0.29) is 33.3 Å². The second kappa shape index (κ2) is 6.03. The first kappa shape index (κ1) is 17.9. The third-order valence-electron chi connectivity index (χ3n) is 5.75. The fraction of sp³-hybridized carbons (Fsp3) is 0.474. The van der Waals surface area contributed by atoms with Gasteiger partial charge in [-0.1, -0.05) is 13.0 Å². The Morgan fingerprint density at radius 2 is 2.07 bits per heavy atom. The highest BCUT2D eigenvalue weighted by Gasteiger charge is 2.41. The van der Waals surface area contributed by atoms with Crippen LogP contribution in [0.15, 0.2) is 17.7 Å². The molecule has 0 aromatic heterocycles. The monoisotopic (exact) mass is 376 g/mol. The van der Waals surface area contributed by atoms with Crippen molar-refractivity contribution >= 4 is 17.4 Å². The third kappa shape index (κ3) is 2.80. The summed E-state index contributed by atoms with van der Waals surface area (Å²) in [4.78, 5) is 25.8. The molecule has 0 spiro atoms. The Bertz CT molecular complexity index is 869. The average Bonchev–Trinajstić information content (AvgIpc) is 2.60. The molecule has 27 heavy (non-hydrogen) atoms. The van der Waals surface area contributed by atoms with E-state index in [9.17, 15) is 19.9 Å². The summed E-state index contributed by atoms with van der Waals surface area (Å²) in [7, 11) is 1.59. The Hall–Kier alpha value is -2.45. The Labute approximate surface area is 155 Å². The van der Waals surface area contributed by atoms with E-state index >= 15 is 4.39 Å². The normalized spacial score (nSPS) is 26.1. The maximum atomic E-state index is 15.0. The van der Waals surface area contributed by atoms with E-state index in [1.807, 2.05) is 6.92 Å². The molecule has 1 unspecified atom stereocenters. The van der Waals surface area contributed by atoms with Gasteiger partial charge >= 0.3 is 5.97 Å². The molecule has 2 atom stereocenters. The first-order valence-electron chi connectivity index (χ1n) is 8.99. The summed E-state index contributed by atoms with van der Waals surface area (Å²) in [5.74, 6) is -2.68. The van der Waals surface area contributed by atoms with E-state index in [1.165, 1.54) is 6.08 Å². The summed E-state index contributed by atoms with van der Waals surface area (Å²) in [6.45, 7) is 3.64. The van der Waals surface area contributed by atoms with Gasteiger partial charge in [-0.3, -0.25) is 4.79 Å². The number of carbonyl (C=O) groups excluding carboxylic acids is 1. The van der Waals surface area contributed by atoms with Crippen molar-refractivity contribution in [3.8, 4) is 5.75 Å². The predicted molar refractivity (Wildman–Crippen MR) is 95.3 cm³/mol. The summed E-state index contributed by atoms with van der Waals surface area (Å²) in [6, 6.07) is 1.13. The molecule has 1 saturated heterocycles. The van der Waals surface area contributed by atoms with Crippen molar-refractivity contribution in [2.24, 2.45) is 5.92 Å². The highest BCUT2D eigenvalue weighted by molar-refractivity contribution is 6.25. The minimum absolute atomic E-state index is 0.0417. The molecule has 1 aromatic rings. The molecule has 0 radical (unpaired) electrons. The van der Waals surface area contributed by atoms with Gasteiger partial charge in [0, 0.05) is 23.0 Å². The van der Waals surface area contributed by atoms with E-state index in [0.717, 1.165) is 6.07 Å². The Morgan fingerprint density at radius 3 is 2.70 bits per heavy atom. The first-order valence-corrected chi connectivity index (χ1v) is 8.99. The smallest absolute Gasteiger partial charge is 0.339 e. The van der Waals surface area contributed by atoms with Gasteiger partial charge in [0.05, 0.1) is 39.8 Å². The number of carboxylic acid groups (broad SMARTS) is 1. The maximum Gasteiger partial charge on any atom is 0.339 e. The van der Waals surface area contributed by atoms with Crippen LogP contribution < -0.4 is 9.64 Å². The molecule has 8 heteroatoms. The number of likely N-dealkylation sites (N-methyl/N-ethyl adjacent to an activating group) is 1. The number of ether oxygens (including phenoxy) is 1. The Morgan fingerprint density at radius 1 is 1.41 bits per heavy atom. The molecule has 1 fully saturated rings. The Kier molecular flexibility index (Phi) is 4.01. The van der Waals surface area contributed by atoms with Gasteiger partial charge < -0.3 is 24.6 Å². The van der Waals surface area contributed by atoms with E-state index in [0.29, 0.717) is 44.1 Å². The zero-order valence-electron chi connectivity index (χ0n) is 15.2. The van der Waals surface area contributed by atoms with Crippen LogP contribution in [0.1, 0.15) is 28.8 Å². The lowest BCUT2D eigenvalue weighted by Gasteiger charge is -2.46. The lowest BCUT2D eigenvalue weighted by Crippen LogP contribution is -2.54. The molecular formula is C19H21FN2O5. The number of allylic oxidation sites excluding steroid dienone is 1. The van der Waals surface area contributed by atoms with Crippen molar-refractivity contribution < 1.29 is 28.5 Å². The van der Waals surface area contributed by atoms with Crippen molar-refractivity contribution in [1.29, 1.82) is 0 Å². The molecule has 7 nitrogen and oxygen atoms in total. The molecule has 0 amide bonds. The van der Waals surface area contributed by atoms with Gasteiger partial charge in [0.2, 0.25) is 5.78 Å². The number of ketones is 1. The van der Waals surface area contributed by atoms with Gasteiger partial charge in [-0.2, -0.15) is 0 Å². The number of rotatable bonds is 2. The van der Waals surface area contributed by atoms with Crippen molar-refractivity contribution in [3.05, 3.63) is 39.9 Å². The molecule has 144 valence electrons. The SMILES string of the molecule is C[C@H]1COc2c3c(cc(F)c2N2CC[N+](C)([O-])CC2)C(=O)C(C(=O)O)=CC31. The maximum absolute atomic E-state index is 15.0. The third-order valence-corrected chi connectivity index (χ3v) is 5.75. The molecule has 2 aliphatic heterocycles. The summed E-state index contributed by atoms with van der Waals surface area (Å²) in [5.41, 5.74) is 0.566. The summed E-state index contributed by atoms with van der Waals surface area (Å²) in [6.07, 6.45) is 1.47. The number of hydroxylamine groups is 3. The number of aliphatic carboxylic acids is 1. The fourth-order valence-electron chi connectivity index (χ4n) is 4.12. The topological polar surface area (TPSA) is 89.9 Å². The molecule has 1 aliphatic carbocycles. The fourth-order valence-corrected chi connectivity index (χ4v) is 4.12. The van der Waals surface area contributed by atoms with Crippen molar-refractivity contribution in [2.45, 2.75) is 12.8 Å². The molecular weight excluding hydrogens is 355 g/mol. The number of carboxylic acids is 1. The molecule has 3 aliphatic rings. The zero-order valence-corrected chi connectivity index (χ0v) is 15.2. The zero-order chi connectivity index (χ0) is 19.5. The van der Waals surface area contributed by atoms with Crippen molar-refractivity contribution in [3.63, 3.8) is 0 Å². The van der Waals surface area contributed by atoms with Crippen LogP contribution in [-0.2, 0) is 4.79 Å². The highest BCUT2D eigenvalue weighted by Crippen LogP contribution is 2.49. The summed E-state index contributed by atoms with van der Waals surface area (Å²) >= 11 is 0. The molecule has 0 bridgehead atoms. The van der Waals surface area contributed by atoms with Crippen LogP contribution in [0.3, 0.4) is 0 Å². The molecule has 1 N–H and O–H groups in total. The van der Waals surface area contributed by atoms with Crippen LogP contribution in [0, 0.1) is 16.9 Å². The highest BCUT2D eigenvalue weighted by atomic mass is 19.1. The van der Waals surface area contributed by atoms with Gasteiger partial charge in [-0.25, -0.2) is 9.18 Å². The number of piperazine rings is 1. The van der Waals surface area contributed by atoms with Crippen LogP contribution in [0.25, 0.3) is 0 Å². The molecule has 0 saturated carbocycles. The van der Waals surface area contributed by atoms with E-state index < -0.39 is 17.6 Å². The van der Waals surface area contributed by atoms with Gasteiger partial charge in [0.15, 0.2) is 5.82 Å². The predicted octanol–water partition coefficient (Wildman–Crippen LogP) is 1.91. The lowest BCUT2D eigenvalue weighted by atomic mass is 9.75. The summed E-state index contributed by atoms with van der Waals surface area (Å²) < 4.78 is 20.5. The van der Waals surface area contributed by atoms with Gasteiger partial charge in [0.25, 0.3) is 0 Å². The molecule has 2 heterocycles. The number of Topliss-reactive ketones (excluding diaryl/α,β-unsaturated/α-hetero) is 1. The van der Waals surface area contributed by atoms with Crippen LogP contribution in [0.5, 0.6) is 5.75 Å². The number of benzene rings is 1. The number of carbonyl (C=O) groups is 2. The minimum Gasteiger partial charge on any atom is -0.633 e. The standard InChI is InChI=1S/C19H21FN2O5/c1-10-9-27-18-15-11(10)7-13(19(24)25)17(23)12(15)8-14(20)16(18)21-3-5-22(2,26)6-4-21/h7-8,10-11H,3-6,9H2,1-2H3,(H,24,25)/t10-,11?/m0/s1. The first-order chi connectivity index (χ1) is 12.7. The van der Waals surface area contributed by atoms with Crippen LogP contribution in [0.2, 0.25) is 0 Å². The lowest BCUT2D eigenvalue weighted by molar-refractivity contribution is -0.861. The second-order valence-electron chi connectivity index (χ2n) is 7.76. The number of hydrogen-bond donors (Lipinski definition) is 1. The quantitative estimate of drug-likeness (QED) is 0.482. The van der Waals surface area contributed by atoms with E-state index in [2.05, 4.69) is 0 Å². The number of halogens is 1. The average molecular weight is 376 g/mol. The second-order valence-corrected chi connectivity index (χ2v) is 7.76. The molecule has 1 aromatic carbocycles.